The molecule has 176 valence electrons. The predicted octanol–water partition coefficient (Wildman–Crippen LogP) is 4.35. The summed E-state index contributed by atoms with van der Waals surface area (Å²) in [4.78, 5) is 37.1. The lowest BCUT2D eigenvalue weighted by Gasteiger charge is -2.32. The van der Waals surface area contributed by atoms with Gasteiger partial charge in [0.05, 0.1) is 27.5 Å². The Balaban J connectivity index is 1.48. The highest BCUT2D eigenvalue weighted by Crippen LogP contribution is 2.37. The molecule has 2 amide bonds. The van der Waals surface area contributed by atoms with Gasteiger partial charge in [-0.15, -0.1) is 0 Å². The summed E-state index contributed by atoms with van der Waals surface area (Å²) in [5.41, 5.74) is 1.05. The van der Waals surface area contributed by atoms with E-state index in [9.17, 15) is 9.59 Å². The monoisotopic (exact) mass is 509 g/mol. The first-order valence-corrected chi connectivity index (χ1v) is 12.2. The van der Waals surface area contributed by atoms with Gasteiger partial charge in [-0.05, 0) is 30.5 Å². The van der Waals surface area contributed by atoms with E-state index < -0.39 is 0 Å². The van der Waals surface area contributed by atoms with Crippen molar-refractivity contribution in [1.82, 2.24) is 19.8 Å². The Morgan fingerprint density at radius 2 is 1.73 bits per heavy atom. The molecule has 10 heteroatoms. The van der Waals surface area contributed by atoms with E-state index in [4.69, 9.17) is 34.8 Å². The van der Waals surface area contributed by atoms with E-state index in [1.165, 1.54) is 0 Å². The highest BCUT2D eigenvalue weighted by Gasteiger charge is 2.39. The van der Waals surface area contributed by atoms with Crippen LogP contribution in [0.3, 0.4) is 0 Å². The number of carbonyl (C=O) groups excluding carboxylic acids is 2. The van der Waals surface area contributed by atoms with Crippen LogP contribution >= 0.6 is 34.8 Å². The zero-order chi connectivity index (χ0) is 23.5. The fraction of sp³-hybridized carbons (Fsp3) is 0.478. The molecule has 2 aliphatic heterocycles. The summed E-state index contributed by atoms with van der Waals surface area (Å²) in [5, 5.41) is 4.76. The van der Waals surface area contributed by atoms with E-state index in [-0.39, 0.29) is 29.6 Å². The number of hydrogen-bond acceptors (Lipinski definition) is 5. The number of benzene rings is 1. The lowest BCUT2D eigenvalue weighted by atomic mass is 9.89. The number of rotatable bonds is 5. The first-order chi connectivity index (χ1) is 15.8. The summed E-state index contributed by atoms with van der Waals surface area (Å²) in [6, 6.07) is 5.66. The summed E-state index contributed by atoms with van der Waals surface area (Å²) in [7, 11) is 0. The molecule has 1 aromatic heterocycles. The molecule has 2 aromatic rings. The standard InChI is InChI=1S/C23H26Cl3N5O2/c1-14(32)30-6-4-15(5-7-30)22(33)31-12-17(9-27-23-28-10-18(24)11-29-23)19(13-31)16-2-3-20(25)21(26)8-16/h2-3,8,10-11,15,17,19H,4-7,9,12-13H2,1H3,(H,27,28,29). The lowest BCUT2D eigenvalue weighted by Crippen LogP contribution is -2.43. The fourth-order valence-corrected chi connectivity index (χ4v) is 5.11. The topological polar surface area (TPSA) is 78.4 Å². The molecule has 2 aliphatic rings. The molecule has 1 aromatic carbocycles. The van der Waals surface area contributed by atoms with Crippen LogP contribution in [0.5, 0.6) is 0 Å². The average Bonchev–Trinajstić information content (AvgIpc) is 3.24. The summed E-state index contributed by atoms with van der Waals surface area (Å²) in [6.07, 6.45) is 4.50. The van der Waals surface area contributed by atoms with E-state index >= 15 is 0 Å². The Bertz CT molecular complexity index is 1010. The molecule has 3 heterocycles. The molecule has 0 radical (unpaired) electrons. The molecule has 4 rings (SSSR count). The van der Waals surface area contributed by atoms with Crippen LogP contribution in [-0.2, 0) is 9.59 Å². The van der Waals surface area contributed by atoms with Gasteiger partial charge in [0.2, 0.25) is 17.8 Å². The van der Waals surface area contributed by atoms with Gasteiger partial charge in [-0.25, -0.2) is 9.97 Å². The molecule has 0 bridgehead atoms. The van der Waals surface area contributed by atoms with E-state index in [1.807, 2.05) is 21.9 Å². The van der Waals surface area contributed by atoms with Gasteiger partial charge in [0.25, 0.3) is 0 Å². The van der Waals surface area contributed by atoms with E-state index in [2.05, 4.69) is 15.3 Å². The maximum Gasteiger partial charge on any atom is 0.225 e. The zero-order valence-corrected chi connectivity index (χ0v) is 20.6. The molecule has 2 atom stereocenters. The number of halogens is 3. The maximum absolute atomic E-state index is 13.3. The second-order valence-corrected chi connectivity index (χ2v) is 9.92. The highest BCUT2D eigenvalue weighted by molar-refractivity contribution is 6.42. The minimum Gasteiger partial charge on any atom is -0.354 e. The average molecular weight is 511 g/mol. The van der Waals surface area contributed by atoms with Gasteiger partial charge in [0.1, 0.15) is 0 Å². The minimum absolute atomic E-state index is 0.0543. The SMILES string of the molecule is CC(=O)N1CCC(C(=O)N2CC(CNc3ncc(Cl)cn3)C(c3ccc(Cl)c(Cl)c3)C2)CC1. The summed E-state index contributed by atoms with van der Waals surface area (Å²) in [6.45, 7) is 4.67. The third-order valence-electron chi connectivity index (χ3n) is 6.56. The number of piperidine rings is 1. The van der Waals surface area contributed by atoms with Gasteiger partial charge in [0.15, 0.2) is 0 Å². The number of nitrogens with zero attached hydrogens (tertiary/aromatic N) is 4. The van der Waals surface area contributed by atoms with Gasteiger partial charge in [-0.2, -0.15) is 0 Å². The number of amides is 2. The van der Waals surface area contributed by atoms with E-state index in [1.54, 1.807) is 25.4 Å². The van der Waals surface area contributed by atoms with Crippen LogP contribution in [0.15, 0.2) is 30.6 Å². The lowest BCUT2D eigenvalue weighted by molar-refractivity contribution is -0.139. The zero-order valence-electron chi connectivity index (χ0n) is 18.3. The van der Waals surface area contributed by atoms with Crippen molar-refractivity contribution in [3.63, 3.8) is 0 Å². The van der Waals surface area contributed by atoms with Gasteiger partial charge in [-0.3, -0.25) is 9.59 Å². The van der Waals surface area contributed by atoms with Crippen LogP contribution in [0.25, 0.3) is 0 Å². The number of carbonyl (C=O) groups is 2. The van der Waals surface area contributed by atoms with Crippen LogP contribution in [0.1, 0.15) is 31.2 Å². The third kappa shape index (κ3) is 5.70. The quantitative estimate of drug-likeness (QED) is 0.647. The Morgan fingerprint density at radius 1 is 1.03 bits per heavy atom. The molecule has 0 saturated carbocycles. The molecule has 0 spiro atoms. The largest absolute Gasteiger partial charge is 0.354 e. The second kappa shape index (κ2) is 10.5. The molecule has 7 nitrogen and oxygen atoms in total. The molecule has 2 unspecified atom stereocenters. The predicted molar refractivity (Wildman–Crippen MR) is 130 cm³/mol. The van der Waals surface area contributed by atoms with Gasteiger partial charge < -0.3 is 15.1 Å². The van der Waals surface area contributed by atoms with E-state index in [0.29, 0.717) is 66.6 Å². The Morgan fingerprint density at radius 3 is 2.36 bits per heavy atom. The summed E-state index contributed by atoms with van der Waals surface area (Å²) < 4.78 is 0. The van der Waals surface area contributed by atoms with E-state index in [0.717, 1.165) is 5.56 Å². The normalized spacial score (nSPS) is 21.3. The minimum atomic E-state index is -0.0543. The molecule has 33 heavy (non-hydrogen) atoms. The molecule has 0 aliphatic carbocycles. The van der Waals surface area contributed by atoms with Crippen LogP contribution in [0.4, 0.5) is 5.95 Å². The smallest absolute Gasteiger partial charge is 0.225 e. The molecule has 2 fully saturated rings. The van der Waals surface area contributed by atoms with Crippen molar-refractivity contribution in [2.45, 2.75) is 25.7 Å². The maximum atomic E-state index is 13.3. The molecule has 2 saturated heterocycles. The van der Waals surface area contributed by atoms with Crippen LogP contribution < -0.4 is 5.32 Å². The van der Waals surface area contributed by atoms with Crippen molar-refractivity contribution in [3.05, 3.63) is 51.2 Å². The van der Waals surface area contributed by atoms with Crippen LogP contribution in [0, 0.1) is 11.8 Å². The molecule has 1 N–H and O–H groups in total. The van der Waals surface area contributed by atoms with Gasteiger partial charge in [0, 0.05) is 57.4 Å². The number of aromatic nitrogens is 2. The third-order valence-corrected chi connectivity index (χ3v) is 7.49. The Hall–Kier alpha value is -2.09. The van der Waals surface area contributed by atoms with Crippen molar-refractivity contribution in [3.8, 4) is 0 Å². The number of likely N-dealkylation sites (tertiary alicyclic amines) is 2. The van der Waals surface area contributed by atoms with Crippen molar-refractivity contribution >= 4 is 52.6 Å². The van der Waals surface area contributed by atoms with Gasteiger partial charge >= 0.3 is 0 Å². The number of hydrogen-bond donors (Lipinski definition) is 1. The fourth-order valence-electron chi connectivity index (χ4n) is 4.70. The number of nitrogens with one attached hydrogen (secondary N) is 1. The van der Waals surface area contributed by atoms with Crippen LogP contribution in [0.2, 0.25) is 15.1 Å². The molecular formula is C23H26Cl3N5O2. The second-order valence-electron chi connectivity index (χ2n) is 8.67. The number of anilines is 1. The summed E-state index contributed by atoms with van der Waals surface area (Å²) >= 11 is 18.3. The van der Waals surface area contributed by atoms with Crippen molar-refractivity contribution in [2.24, 2.45) is 11.8 Å². The summed E-state index contributed by atoms with van der Waals surface area (Å²) in [5.74, 6) is 0.907. The first-order valence-electron chi connectivity index (χ1n) is 11.0. The first kappa shape index (κ1) is 24.0. The Labute approximate surface area is 208 Å². The highest BCUT2D eigenvalue weighted by atomic mass is 35.5. The van der Waals surface area contributed by atoms with Crippen LogP contribution in [-0.4, -0.2) is 64.3 Å². The van der Waals surface area contributed by atoms with Crippen molar-refractivity contribution < 1.29 is 9.59 Å². The van der Waals surface area contributed by atoms with Crippen molar-refractivity contribution in [1.29, 1.82) is 0 Å². The Kier molecular flexibility index (Phi) is 7.62. The van der Waals surface area contributed by atoms with Gasteiger partial charge in [-0.1, -0.05) is 40.9 Å². The molecular weight excluding hydrogens is 485 g/mol. The van der Waals surface area contributed by atoms with Crippen molar-refractivity contribution in [2.75, 3.05) is 38.0 Å².